The van der Waals surface area contributed by atoms with Crippen molar-refractivity contribution in [3.8, 4) is 17.6 Å². The first-order chi connectivity index (χ1) is 13.6. The number of aromatic nitrogens is 1. The molecule has 0 spiro atoms. The Morgan fingerprint density at radius 3 is 2.54 bits per heavy atom. The van der Waals surface area contributed by atoms with E-state index in [-0.39, 0.29) is 16.9 Å². The average molecular weight is 374 g/mol. The molecule has 1 aromatic heterocycles. The molecule has 0 saturated heterocycles. The topological polar surface area (TPSA) is 72.2 Å². The molecular formula is C22H15FN2O3. The molecule has 5 nitrogen and oxygen atoms in total. The van der Waals surface area contributed by atoms with Crippen molar-refractivity contribution < 1.29 is 18.7 Å². The summed E-state index contributed by atoms with van der Waals surface area (Å²) in [4.78, 5) is 16.1. The molecule has 0 aliphatic rings. The van der Waals surface area contributed by atoms with Crippen LogP contribution in [0.2, 0.25) is 0 Å². The largest absolute Gasteiger partial charge is 0.493 e. The van der Waals surface area contributed by atoms with Gasteiger partial charge in [0.25, 0.3) is 0 Å². The molecule has 138 valence electrons. The quantitative estimate of drug-likeness (QED) is 0.284. The molecule has 0 aliphatic carbocycles. The van der Waals surface area contributed by atoms with Gasteiger partial charge in [-0.15, -0.1) is 0 Å². The van der Waals surface area contributed by atoms with Crippen molar-refractivity contribution in [1.82, 2.24) is 4.98 Å². The SMILES string of the molecule is COc1cc(/C=C(/C#N)c2ccccc2F)ccc1OC(=O)c1ccncc1. The highest BCUT2D eigenvalue weighted by molar-refractivity contribution is 5.92. The average Bonchev–Trinajstić information content (AvgIpc) is 2.74. The van der Waals surface area contributed by atoms with E-state index in [1.807, 2.05) is 6.07 Å². The second kappa shape index (κ2) is 8.60. The number of benzene rings is 2. The van der Waals surface area contributed by atoms with E-state index in [4.69, 9.17) is 9.47 Å². The van der Waals surface area contributed by atoms with Crippen molar-refractivity contribution >= 4 is 17.6 Å². The van der Waals surface area contributed by atoms with E-state index in [1.165, 1.54) is 37.7 Å². The molecule has 0 bridgehead atoms. The Hall–Kier alpha value is -3.98. The van der Waals surface area contributed by atoms with E-state index in [0.29, 0.717) is 16.9 Å². The minimum absolute atomic E-state index is 0.168. The van der Waals surface area contributed by atoms with E-state index in [0.717, 1.165) is 0 Å². The number of esters is 1. The fourth-order valence-corrected chi connectivity index (χ4v) is 2.52. The van der Waals surface area contributed by atoms with Gasteiger partial charge in [-0.05, 0) is 42.0 Å². The Balaban J connectivity index is 1.90. The van der Waals surface area contributed by atoms with Gasteiger partial charge in [0.2, 0.25) is 0 Å². The fraction of sp³-hybridized carbons (Fsp3) is 0.0455. The number of allylic oxidation sites excluding steroid dienone is 1. The summed E-state index contributed by atoms with van der Waals surface area (Å²) < 4.78 is 24.6. The third-order valence-corrected chi connectivity index (χ3v) is 3.90. The summed E-state index contributed by atoms with van der Waals surface area (Å²) in [5.74, 6) is -0.494. The summed E-state index contributed by atoms with van der Waals surface area (Å²) in [6.45, 7) is 0. The number of nitrogens with zero attached hydrogens (tertiary/aromatic N) is 2. The van der Waals surface area contributed by atoms with Gasteiger partial charge in [-0.1, -0.05) is 24.3 Å². The minimum atomic E-state index is -0.548. The number of halogens is 1. The Labute approximate surface area is 161 Å². The van der Waals surface area contributed by atoms with E-state index >= 15 is 0 Å². The van der Waals surface area contributed by atoms with Crippen LogP contribution in [0.4, 0.5) is 4.39 Å². The van der Waals surface area contributed by atoms with Crippen molar-refractivity contribution in [3.05, 3.63) is 89.5 Å². The summed E-state index contributed by atoms with van der Waals surface area (Å²) in [5, 5.41) is 9.40. The van der Waals surface area contributed by atoms with Gasteiger partial charge in [0, 0.05) is 18.0 Å². The van der Waals surface area contributed by atoms with Crippen molar-refractivity contribution in [2.24, 2.45) is 0 Å². The van der Waals surface area contributed by atoms with Gasteiger partial charge in [0.05, 0.1) is 24.3 Å². The Morgan fingerprint density at radius 2 is 1.86 bits per heavy atom. The first kappa shape index (κ1) is 18.8. The van der Waals surface area contributed by atoms with E-state index in [2.05, 4.69) is 4.98 Å². The summed E-state index contributed by atoms with van der Waals surface area (Å²) >= 11 is 0. The van der Waals surface area contributed by atoms with Crippen LogP contribution >= 0.6 is 0 Å². The molecule has 0 atom stereocenters. The van der Waals surface area contributed by atoms with Crippen LogP contribution in [-0.4, -0.2) is 18.1 Å². The second-order valence-electron chi connectivity index (χ2n) is 5.69. The van der Waals surface area contributed by atoms with Gasteiger partial charge >= 0.3 is 5.97 Å². The molecular weight excluding hydrogens is 359 g/mol. The molecule has 0 unspecified atom stereocenters. The van der Waals surface area contributed by atoms with Crippen LogP contribution in [0.1, 0.15) is 21.5 Å². The molecule has 3 aromatic rings. The highest BCUT2D eigenvalue weighted by Crippen LogP contribution is 2.30. The molecule has 6 heteroatoms. The highest BCUT2D eigenvalue weighted by atomic mass is 19.1. The fourth-order valence-electron chi connectivity index (χ4n) is 2.52. The monoisotopic (exact) mass is 374 g/mol. The Bertz CT molecular complexity index is 1070. The van der Waals surface area contributed by atoms with Gasteiger partial charge < -0.3 is 9.47 Å². The number of rotatable bonds is 5. The Kier molecular flexibility index (Phi) is 5.78. The molecule has 0 saturated carbocycles. The normalized spacial score (nSPS) is 10.8. The minimum Gasteiger partial charge on any atom is -0.493 e. The molecule has 28 heavy (non-hydrogen) atoms. The molecule has 0 N–H and O–H groups in total. The summed E-state index contributed by atoms with van der Waals surface area (Å²) in [6.07, 6.45) is 4.52. The van der Waals surface area contributed by atoms with Crippen molar-refractivity contribution in [3.63, 3.8) is 0 Å². The van der Waals surface area contributed by atoms with Gasteiger partial charge in [-0.25, -0.2) is 9.18 Å². The van der Waals surface area contributed by atoms with Gasteiger partial charge in [0.15, 0.2) is 11.5 Å². The van der Waals surface area contributed by atoms with Crippen molar-refractivity contribution in [2.75, 3.05) is 7.11 Å². The number of pyridine rings is 1. The van der Waals surface area contributed by atoms with E-state index in [9.17, 15) is 14.4 Å². The van der Waals surface area contributed by atoms with Crippen LogP contribution in [0.25, 0.3) is 11.6 Å². The van der Waals surface area contributed by atoms with E-state index in [1.54, 1.807) is 42.5 Å². The van der Waals surface area contributed by atoms with Crippen molar-refractivity contribution in [1.29, 1.82) is 5.26 Å². The van der Waals surface area contributed by atoms with Crippen molar-refractivity contribution in [2.45, 2.75) is 0 Å². The molecule has 1 heterocycles. The predicted molar refractivity (Wildman–Crippen MR) is 102 cm³/mol. The van der Waals surface area contributed by atoms with Crippen LogP contribution in [0.5, 0.6) is 11.5 Å². The maximum absolute atomic E-state index is 14.0. The lowest BCUT2D eigenvalue weighted by Gasteiger charge is -2.10. The van der Waals surface area contributed by atoms with Gasteiger partial charge in [0.1, 0.15) is 5.82 Å². The van der Waals surface area contributed by atoms with Crippen LogP contribution in [0, 0.1) is 17.1 Å². The second-order valence-corrected chi connectivity index (χ2v) is 5.69. The smallest absolute Gasteiger partial charge is 0.343 e. The maximum atomic E-state index is 14.0. The molecule has 0 amide bonds. The molecule has 0 fully saturated rings. The lowest BCUT2D eigenvalue weighted by molar-refractivity contribution is 0.0729. The molecule has 0 aliphatic heterocycles. The number of carbonyl (C=O) groups is 1. The number of nitriles is 1. The third-order valence-electron chi connectivity index (χ3n) is 3.90. The Morgan fingerprint density at radius 1 is 1.11 bits per heavy atom. The number of carbonyl (C=O) groups excluding carboxylic acids is 1. The zero-order valence-corrected chi connectivity index (χ0v) is 14.9. The number of hydrogen-bond donors (Lipinski definition) is 0. The van der Waals surface area contributed by atoms with Gasteiger partial charge in [-0.2, -0.15) is 5.26 Å². The van der Waals surface area contributed by atoms with Crippen LogP contribution in [0.15, 0.2) is 67.0 Å². The zero-order valence-electron chi connectivity index (χ0n) is 14.9. The molecule has 3 rings (SSSR count). The summed E-state index contributed by atoms with van der Waals surface area (Å²) in [7, 11) is 1.44. The highest BCUT2D eigenvalue weighted by Gasteiger charge is 2.13. The maximum Gasteiger partial charge on any atom is 0.343 e. The first-order valence-corrected chi connectivity index (χ1v) is 8.29. The van der Waals surface area contributed by atoms with E-state index < -0.39 is 11.8 Å². The summed E-state index contributed by atoms with van der Waals surface area (Å²) in [6, 6.07) is 15.9. The number of hydrogen-bond acceptors (Lipinski definition) is 5. The third kappa shape index (κ3) is 4.22. The first-order valence-electron chi connectivity index (χ1n) is 8.29. The predicted octanol–water partition coefficient (Wildman–Crippen LogP) is 4.51. The zero-order chi connectivity index (χ0) is 19.9. The van der Waals surface area contributed by atoms with Crippen LogP contribution in [-0.2, 0) is 0 Å². The molecule has 2 aromatic carbocycles. The number of ether oxygens (including phenoxy) is 2. The summed E-state index contributed by atoms with van der Waals surface area (Å²) in [5.41, 5.74) is 1.33. The lowest BCUT2D eigenvalue weighted by atomic mass is 10.0. The lowest BCUT2D eigenvalue weighted by Crippen LogP contribution is -2.09. The van der Waals surface area contributed by atoms with Gasteiger partial charge in [-0.3, -0.25) is 4.98 Å². The standard InChI is InChI=1S/C22H15FN2O3/c1-27-21-13-15(12-17(14-24)18-4-2-3-5-19(18)23)6-7-20(21)28-22(26)16-8-10-25-11-9-16/h2-13H,1H3/b17-12-. The van der Waals surface area contributed by atoms with Crippen LogP contribution < -0.4 is 9.47 Å². The van der Waals surface area contributed by atoms with Crippen LogP contribution in [0.3, 0.4) is 0 Å². The molecule has 0 radical (unpaired) electrons. The number of methoxy groups -OCH3 is 1.